The number of aliphatic carboxylic acids is 1. The van der Waals surface area contributed by atoms with E-state index in [2.05, 4.69) is 0 Å². The molecule has 5 nitrogen and oxygen atoms in total. The molecule has 0 aromatic rings. The molecule has 0 aliphatic carbocycles. The molecule has 0 unspecified atom stereocenters. The Morgan fingerprint density at radius 1 is 1.27 bits per heavy atom. The van der Waals surface area contributed by atoms with Gasteiger partial charge in [-0.05, 0) is 0 Å². The molecule has 0 saturated carbocycles. The van der Waals surface area contributed by atoms with E-state index in [1.807, 2.05) is 5.32 Å². The summed E-state index contributed by atoms with van der Waals surface area (Å²) < 4.78 is 0. The lowest BCUT2D eigenvalue weighted by molar-refractivity contribution is -0.139. The Kier molecular flexibility index (Phi) is 3.87. The van der Waals surface area contributed by atoms with Crippen molar-refractivity contribution in [2.75, 3.05) is 0 Å². The summed E-state index contributed by atoms with van der Waals surface area (Å²) >= 11 is 0. The van der Waals surface area contributed by atoms with Gasteiger partial charge in [-0.2, -0.15) is 0 Å². The summed E-state index contributed by atoms with van der Waals surface area (Å²) in [5.41, 5.74) is 0. The van der Waals surface area contributed by atoms with Crippen molar-refractivity contribution in [3.63, 3.8) is 0 Å². The molecule has 2 N–H and O–H groups in total. The van der Waals surface area contributed by atoms with E-state index in [4.69, 9.17) is 5.11 Å². The molecule has 2 amide bonds. The van der Waals surface area contributed by atoms with Gasteiger partial charge in [0.2, 0.25) is 11.8 Å². The van der Waals surface area contributed by atoms with Crippen LogP contribution in [0.15, 0.2) is 0 Å². The van der Waals surface area contributed by atoms with Gasteiger partial charge >= 0.3 is 5.97 Å². The summed E-state index contributed by atoms with van der Waals surface area (Å²) in [7, 11) is 0. The van der Waals surface area contributed by atoms with Crippen LogP contribution in [0.3, 0.4) is 0 Å². The van der Waals surface area contributed by atoms with Crippen molar-refractivity contribution >= 4 is 17.8 Å². The molecule has 0 aromatic heterocycles. The van der Waals surface area contributed by atoms with Crippen LogP contribution >= 0.6 is 0 Å². The summed E-state index contributed by atoms with van der Waals surface area (Å²) in [6.07, 6.45) is -0.409. The third-order valence-corrected chi connectivity index (χ3v) is 0.881. The zero-order chi connectivity index (χ0) is 8.85. The Hall–Kier alpha value is -1.39. The number of carboxylic acid groups (broad SMARTS) is 1. The fraction of sp³-hybridized carbons (Fsp3) is 0.500. The predicted octanol–water partition coefficient (Wildman–Crippen LogP) is -0.486. The summed E-state index contributed by atoms with van der Waals surface area (Å²) in [6.45, 7) is 1.19. The van der Waals surface area contributed by atoms with Crippen molar-refractivity contribution in [2.24, 2.45) is 0 Å². The van der Waals surface area contributed by atoms with E-state index in [-0.39, 0.29) is 12.8 Å². The minimum Gasteiger partial charge on any atom is -0.481 e. The van der Waals surface area contributed by atoms with Gasteiger partial charge in [0.05, 0.1) is 6.42 Å². The second-order valence-corrected chi connectivity index (χ2v) is 2.00. The van der Waals surface area contributed by atoms with Gasteiger partial charge in [-0.3, -0.25) is 19.7 Å². The predicted molar refractivity (Wildman–Crippen MR) is 35.7 cm³/mol. The van der Waals surface area contributed by atoms with Gasteiger partial charge in [0, 0.05) is 13.3 Å². The lowest BCUT2D eigenvalue weighted by Crippen LogP contribution is -2.28. The van der Waals surface area contributed by atoms with Crippen molar-refractivity contribution < 1.29 is 19.5 Å². The van der Waals surface area contributed by atoms with E-state index < -0.39 is 17.8 Å². The topological polar surface area (TPSA) is 83.5 Å². The molecule has 0 radical (unpaired) electrons. The molecule has 0 spiro atoms. The highest BCUT2D eigenvalue weighted by atomic mass is 16.4. The summed E-state index contributed by atoms with van der Waals surface area (Å²) in [6, 6.07) is 0. The molecule has 0 aliphatic rings. The standard InChI is InChI=1S/C6H9NO4/c1-4(8)7-5(9)2-3-6(10)11/h2-3H2,1H3,(H,10,11)(H,7,8,9). The van der Waals surface area contributed by atoms with E-state index in [9.17, 15) is 14.4 Å². The largest absolute Gasteiger partial charge is 0.481 e. The van der Waals surface area contributed by atoms with Crippen molar-refractivity contribution in [2.45, 2.75) is 19.8 Å². The van der Waals surface area contributed by atoms with Gasteiger partial charge in [-0.1, -0.05) is 0 Å². The third-order valence-electron chi connectivity index (χ3n) is 0.881. The van der Waals surface area contributed by atoms with Gasteiger partial charge in [-0.15, -0.1) is 0 Å². The Morgan fingerprint density at radius 3 is 2.18 bits per heavy atom. The molecular formula is C6H9NO4. The fourth-order valence-electron chi connectivity index (χ4n) is 0.479. The van der Waals surface area contributed by atoms with Gasteiger partial charge in [0.1, 0.15) is 0 Å². The maximum absolute atomic E-state index is 10.6. The molecule has 0 atom stereocenters. The SMILES string of the molecule is CC(=O)NC(=O)CCC(=O)O. The summed E-state index contributed by atoms with van der Waals surface area (Å²) in [5, 5.41) is 10.1. The Bertz CT molecular complexity index is 187. The first kappa shape index (κ1) is 9.61. The van der Waals surface area contributed by atoms with Crippen LogP contribution in [0.4, 0.5) is 0 Å². The van der Waals surface area contributed by atoms with Crippen LogP contribution in [0.5, 0.6) is 0 Å². The first-order chi connectivity index (χ1) is 5.02. The normalized spacial score (nSPS) is 8.82. The van der Waals surface area contributed by atoms with E-state index in [0.717, 1.165) is 0 Å². The number of hydrogen-bond donors (Lipinski definition) is 2. The van der Waals surface area contributed by atoms with Crippen molar-refractivity contribution in [3.05, 3.63) is 0 Å². The second-order valence-electron chi connectivity index (χ2n) is 2.00. The molecule has 5 heteroatoms. The molecule has 0 rings (SSSR count). The number of imide groups is 1. The highest BCUT2D eigenvalue weighted by molar-refractivity contribution is 5.94. The quantitative estimate of drug-likeness (QED) is 0.582. The minimum absolute atomic E-state index is 0.158. The molecule has 0 fully saturated rings. The van der Waals surface area contributed by atoms with Crippen molar-refractivity contribution in [3.8, 4) is 0 Å². The third kappa shape index (κ3) is 6.50. The van der Waals surface area contributed by atoms with Crippen LogP contribution in [0.2, 0.25) is 0 Å². The molecule has 0 aliphatic heterocycles. The molecule has 0 aromatic carbocycles. The Labute approximate surface area is 63.4 Å². The summed E-state index contributed by atoms with van der Waals surface area (Å²) in [5.74, 6) is -2.08. The van der Waals surface area contributed by atoms with Gasteiger partial charge in [0.25, 0.3) is 0 Å². The van der Waals surface area contributed by atoms with Crippen LogP contribution in [0.25, 0.3) is 0 Å². The molecule has 0 bridgehead atoms. The molecule has 0 saturated heterocycles. The molecule has 62 valence electrons. The van der Waals surface area contributed by atoms with Gasteiger partial charge in [0.15, 0.2) is 0 Å². The molecule has 11 heavy (non-hydrogen) atoms. The molecular weight excluding hydrogens is 150 g/mol. The van der Waals surface area contributed by atoms with Crippen molar-refractivity contribution in [1.29, 1.82) is 0 Å². The van der Waals surface area contributed by atoms with E-state index >= 15 is 0 Å². The highest BCUT2D eigenvalue weighted by Crippen LogP contribution is 1.87. The number of carbonyl (C=O) groups is 3. The van der Waals surface area contributed by atoms with Crippen LogP contribution < -0.4 is 5.32 Å². The number of carbonyl (C=O) groups excluding carboxylic acids is 2. The maximum Gasteiger partial charge on any atom is 0.303 e. The van der Waals surface area contributed by atoms with Crippen LogP contribution in [0.1, 0.15) is 19.8 Å². The average Bonchev–Trinajstić information content (AvgIpc) is 1.82. The minimum atomic E-state index is -1.05. The number of amides is 2. The lowest BCUT2D eigenvalue weighted by Gasteiger charge is -1.96. The van der Waals surface area contributed by atoms with E-state index in [0.29, 0.717) is 0 Å². The van der Waals surface area contributed by atoms with E-state index in [1.54, 1.807) is 0 Å². The number of hydrogen-bond acceptors (Lipinski definition) is 3. The Balaban J connectivity index is 3.53. The number of nitrogens with one attached hydrogen (secondary N) is 1. The zero-order valence-electron chi connectivity index (χ0n) is 6.09. The van der Waals surface area contributed by atoms with E-state index in [1.165, 1.54) is 6.92 Å². The fourth-order valence-corrected chi connectivity index (χ4v) is 0.479. The zero-order valence-corrected chi connectivity index (χ0v) is 6.09. The van der Waals surface area contributed by atoms with Crippen LogP contribution in [0, 0.1) is 0 Å². The lowest BCUT2D eigenvalue weighted by atomic mass is 10.3. The maximum atomic E-state index is 10.6. The molecule has 0 heterocycles. The number of carboxylic acids is 1. The second kappa shape index (κ2) is 4.43. The van der Waals surface area contributed by atoms with Gasteiger partial charge < -0.3 is 5.11 Å². The summed E-state index contributed by atoms with van der Waals surface area (Å²) in [4.78, 5) is 30.7. The first-order valence-corrected chi connectivity index (χ1v) is 3.04. The van der Waals surface area contributed by atoms with Crippen LogP contribution in [-0.4, -0.2) is 22.9 Å². The number of rotatable bonds is 3. The van der Waals surface area contributed by atoms with Crippen molar-refractivity contribution in [1.82, 2.24) is 5.32 Å². The smallest absolute Gasteiger partial charge is 0.303 e. The first-order valence-electron chi connectivity index (χ1n) is 3.04. The highest BCUT2D eigenvalue weighted by Gasteiger charge is 2.05. The Morgan fingerprint density at radius 2 is 1.82 bits per heavy atom. The van der Waals surface area contributed by atoms with Crippen LogP contribution in [-0.2, 0) is 14.4 Å². The average molecular weight is 159 g/mol. The van der Waals surface area contributed by atoms with Gasteiger partial charge in [-0.25, -0.2) is 0 Å². The monoisotopic (exact) mass is 159 g/mol.